The predicted molar refractivity (Wildman–Crippen MR) is 88.4 cm³/mol. The highest BCUT2D eigenvalue weighted by atomic mass is 15.1. The van der Waals surface area contributed by atoms with Crippen LogP contribution in [0, 0.1) is 5.92 Å². The van der Waals surface area contributed by atoms with Crippen molar-refractivity contribution in [1.82, 2.24) is 15.2 Å². The normalized spacial score (nSPS) is 24.1. The minimum atomic E-state index is 0.504. The van der Waals surface area contributed by atoms with Gasteiger partial charge in [-0.3, -0.25) is 9.88 Å². The van der Waals surface area contributed by atoms with Crippen molar-refractivity contribution in [2.45, 2.75) is 25.3 Å². The lowest BCUT2D eigenvalue weighted by Crippen LogP contribution is -2.33. The molecule has 0 radical (unpaired) electrons. The maximum absolute atomic E-state index is 4.43. The van der Waals surface area contributed by atoms with Crippen LogP contribution in [0.15, 0.2) is 36.5 Å². The molecule has 2 aromatic rings. The Morgan fingerprint density at radius 2 is 2.19 bits per heavy atom. The molecule has 2 unspecified atom stereocenters. The standard InChI is InChI=1S/C18H25N3/c1-19-13-16-6-3-4-11-21(2)18(16)15-8-9-17-14(12-15)7-5-10-20-17/h5,7-10,12,16,18-19H,3-4,6,11,13H2,1-2H3. The van der Waals surface area contributed by atoms with Gasteiger partial charge in [0.1, 0.15) is 0 Å². The molecule has 3 heteroatoms. The van der Waals surface area contributed by atoms with Crippen LogP contribution in [0.5, 0.6) is 0 Å². The Morgan fingerprint density at radius 3 is 3.05 bits per heavy atom. The monoisotopic (exact) mass is 283 g/mol. The smallest absolute Gasteiger partial charge is 0.0702 e. The van der Waals surface area contributed by atoms with Crippen molar-refractivity contribution in [3.8, 4) is 0 Å². The van der Waals surface area contributed by atoms with Crippen LogP contribution in [-0.4, -0.2) is 37.1 Å². The van der Waals surface area contributed by atoms with E-state index in [9.17, 15) is 0 Å². The molecule has 0 amide bonds. The molecule has 0 aliphatic carbocycles. The minimum absolute atomic E-state index is 0.504. The maximum atomic E-state index is 4.43. The molecule has 2 heterocycles. The lowest BCUT2D eigenvalue weighted by atomic mass is 9.88. The lowest BCUT2D eigenvalue weighted by Gasteiger charge is -2.33. The third-order valence-electron chi connectivity index (χ3n) is 4.69. The van der Waals surface area contributed by atoms with Crippen LogP contribution in [-0.2, 0) is 0 Å². The van der Waals surface area contributed by atoms with Crippen molar-refractivity contribution < 1.29 is 0 Å². The highest BCUT2D eigenvalue weighted by molar-refractivity contribution is 5.79. The van der Waals surface area contributed by atoms with Gasteiger partial charge >= 0.3 is 0 Å². The van der Waals surface area contributed by atoms with Crippen LogP contribution in [0.4, 0.5) is 0 Å². The van der Waals surface area contributed by atoms with Crippen LogP contribution in [0.2, 0.25) is 0 Å². The number of likely N-dealkylation sites (tertiary alicyclic amines) is 1. The van der Waals surface area contributed by atoms with E-state index in [1.54, 1.807) is 0 Å². The number of nitrogens with zero attached hydrogens (tertiary/aromatic N) is 2. The molecule has 2 atom stereocenters. The molecule has 0 spiro atoms. The number of hydrogen-bond donors (Lipinski definition) is 1. The molecular formula is C18H25N3. The first-order valence-electron chi connectivity index (χ1n) is 7.99. The van der Waals surface area contributed by atoms with Crippen molar-refractivity contribution in [3.63, 3.8) is 0 Å². The van der Waals surface area contributed by atoms with Crippen LogP contribution in [0.1, 0.15) is 30.9 Å². The largest absolute Gasteiger partial charge is 0.319 e. The summed E-state index contributed by atoms with van der Waals surface area (Å²) in [6, 6.07) is 11.5. The fourth-order valence-corrected chi connectivity index (χ4v) is 3.71. The summed E-state index contributed by atoms with van der Waals surface area (Å²) in [5, 5.41) is 4.63. The zero-order valence-corrected chi connectivity index (χ0v) is 13.0. The molecule has 3 nitrogen and oxygen atoms in total. The van der Waals surface area contributed by atoms with Crippen molar-refractivity contribution in [2.75, 3.05) is 27.2 Å². The van der Waals surface area contributed by atoms with E-state index in [1.165, 1.54) is 36.8 Å². The Hall–Kier alpha value is -1.45. The number of fused-ring (bicyclic) bond motifs is 1. The number of rotatable bonds is 3. The van der Waals surface area contributed by atoms with Gasteiger partial charge in [-0.15, -0.1) is 0 Å². The van der Waals surface area contributed by atoms with Gasteiger partial charge in [0.15, 0.2) is 0 Å². The third kappa shape index (κ3) is 3.09. The number of pyridine rings is 1. The summed E-state index contributed by atoms with van der Waals surface area (Å²) in [6.45, 7) is 2.27. The van der Waals surface area contributed by atoms with Crippen molar-refractivity contribution in [3.05, 3.63) is 42.1 Å². The molecule has 1 aromatic heterocycles. The summed E-state index contributed by atoms with van der Waals surface area (Å²) in [4.78, 5) is 6.97. The molecule has 1 aliphatic heterocycles. The van der Waals surface area contributed by atoms with Crippen LogP contribution >= 0.6 is 0 Å². The van der Waals surface area contributed by atoms with Gasteiger partial charge in [0.25, 0.3) is 0 Å². The topological polar surface area (TPSA) is 28.2 Å². The Morgan fingerprint density at radius 1 is 1.29 bits per heavy atom. The Kier molecular flexibility index (Phi) is 4.51. The Labute approximate surface area is 127 Å². The first-order chi connectivity index (χ1) is 10.3. The molecule has 1 fully saturated rings. The molecular weight excluding hydrogens is 258 g/mol. The zero-order valence-electron chi connectivity index (χ0n) is 13.0. The van der Waals surface area contributed by atoms with Gasteiger partial charge in [-0.2, -0.15) is 0 Å². The van der Waals surface area contributed by atoms with E-state index < -0.39 is 0 Å². The molecule has 112 valence electrons. The number of benzene rings is 1. The SMILES string of the molecule is CNCC1CCCCN(C)C1c1ccc2ncccc2c1. The molecule has 3 rings (SSSR count). The van der Waals surface area contributed by atoms with Gasteiger partial charge in [-0.1, -0.05) is 18.6 Å². The second-order valence-corrected chi connectivity index (χ2v) is 6.19. The highest BCUT2D eigenvalue weighted by Crippen LogP contribution is 2.34. The summed E-state index contributed by atoms with van der Waals surface area (Å²) < 4.78 is 0. The van der Waals surface area contributed by atoms with E-state index in [0.29, 0.717) is 12.0 Å². The van der Waals surface area contributed by atoms with Gasteiger partial charge in [-0.05, 0) is 69.7 Å². The van der Waals surface area contributed by atoms with Crippen molar-refractivity contribution in [2.24, 2.45) is 5.92 Å². The average molecular weight is 283 g/mol. The van der Waals surface area contributed by atoms with Crippen molar-refractivity contribution >= 4 is 10.9 Å². The molecule has 1 aromatic carbocycles. The molecule has 0 bridgehead atoms. The van der Waals surface area contributed by atoms with Crippen LogP contribution < -0.4 is 5.32 Å². The second-order valence-electron chi connectivity index (χ2n) is 6.19. The van der Waals surface area contributed by atoms with E-state index in [1.807, 2.05) is 12.3 Å². The molecule has 0 saturated carbocycles. The molecule has 1 N–H and O–H groups in total. The van der Waals surface area contributed by atoms with Gasteiger partial charge < -0.3 is 5.32 Å². The molecule has 1 aliphatic rings. The summed E-state index contributed by atoms with van der Waals surface area (Å²) in [6.07, 6.45) is 5.81. The predicted octanol–water partition coefficient (Wildman–Crippen LogP) is 3.23. The Bertz CT molecular complexity index is 596. The van der Waals surface area contributed by atoms with E-state index in [0.717, 1.165) is 12.1 Å². The molecule has 21 heavy (non-hydrogen) atoms. The van der Waals surface area contributed by atoms with Crippen LogP contribution in [0.3, 0.4) is 0 Å². The fourth-order valence-electron chi connectivity index (χ4n) is 3.71. The summed E-state index contributed by atoms with van der Waals surface area (Å²) in [5.74, 6) is 0.677. The molecule has 1 saturated heterocycles. The number of nitrogens with one attached hydrogen (secondary N) is 1. The summed E-state index contributed by atoms with van der Waals surface area (Å²) >= 11 is 0. The van der Waals surface area contributed by atoms with E-state index in [2.05, 4.69) is 53.6 Å². The minimum Gasteiger partial charge on any atom is -0.319 e. The van der Waals surface area contributed by atoms with Gasteiger partial charge in [0.2, 0.25) is 0 Å². The summed E-state index contributed by atoms with van der Waals surface area (Å²) in [5.41, 5.74) is 2.52. The zero-order chi connectivity index (χ0) is 14.7. The Balaban J connectivity index is 1.98. The first-order valence-corrected chi connectivity index (χ1v) is 7.99. The first kappa shape index (κ1) is 14.5. The maximum Gasteiger partial charge on any atom is 0.0702 e. The number of aromatic nitrogens is 1. The highest BCUT2D eigenvalue weighted by Gasteiger charge is 2.28. The number of hydrogen-bond acceptors (Lipinski definition) is 3. The van der Waals surface area contributed by atoms with Gasteiger partial charge in [0, 0.05) is 17.6 Å². The van der Waals surface area contributed by atoms with E-state index in [4.69, 9.17) is 0 Å². The third-order valence-corrected chi connectivity index (χ3v) is 4.69. The lowest BCUT2D eigenvalue weighted by molar-refractivity contribution is 0.191. The van der Waals surface area contributed by atoms with Gasteiger partial charge in [0.05, 0.1) is 5.52 Å². The average Bonchev–Trinajstić information content (AvgIpc) is 2.69. The van der Waals surface area contributed by atoms with Crippen molar-refractivity contribution in [1.29, 1.82) is 0 Å². The second kappa shape index (κ2) is 6.54. The quantitative estimate of drug-likeness (QED) is 0.937. The van der Waals surface area contributed by atoms with Gasteiger partial charge in [-0.25, -0.2) is 0 Å². The van der Waals surface area contributed by atoms with E-state index >= 15 is 0 Å². The fraction of sp³-hybridized carbons (Fsp3) is 0.500. The van der Waals surface area contributed by atoms with E-state index in [-0.39, 0.29) is 0 Å². The summed E-state index contributed by atoms with van der Waals surface area (Å²) in [7, 11) is 4.33. The van der Waals surface area contributed by atoms with Crippen LogP contribution in [0.25, 0.3) is 10.9 Å².